The lowest BCUT2D eigenvalue weighted by Crippen LogP contribution is -2.37. The number of fused-ring (bicyclic) bond motifs is 1. The third kappa shape index (κ3) is 2.51. The second-order valence-corrected chi connectivity index (χ2v) is 5.62. The number of hydrogen-bond donors (Lipinski definition) is 1. The minimum Gasteiger partial charge on any atom is -0.459 e. The van der Waals surface area contributed by atoms with E-state index >= 15 is 0 Å². The number of benzene rings is 1. The summed E-state index contributed by atoms with van der Waals surface area (Å²) in [4.78, 5) is 25.7. The van der Waals surface area contributed by atoms with E-state index in [1.165, 1.54) is 23.1 Å². The first-order valence-corrected chi connectivity index (χ1v) is 6.28. The Bertz CT molecular complexity index is 566. The van der Waals surface area contributed by atoms with Gasteiger partial charge in [0.25, 0.3) is 0 Å². The van der Waals surface area contributed by atoms with Gasteiger partial charge in [0, 0.05) is 11.3 Å². The van der Waals surface area contributed by atoms with Crippen LogP contribution >= 0.6 is 0 Å². The highest BCUT2D eigenvalue weighted by Gasteiger charge is 2.43. The van der Waals surface area contributed by atoms with Crippen molar-refractivity contribution in [2.24, 2.45) is 5.73 Å². The minimum atomic E-state index is -1.15. The van der Waals surface area contributed by atoms with Gasteiger partial charge >= 0.3 is 5.97 Å². The number of anilines is 1. The number of halogens is 1. The average Bonchev–Trinajstić information content (AvgIpc) is 2.57. The third-order valence-corrected chi connectivity index (χ3v) is 2.93. The molecule has 0 bridgehead atoms. The molecule has 0 aromatic heterocycles. The van der Waals surface area contributed by atoms with E-state index in [0.29, 0.717) is 11.3 Å². The normalized spacial score (nSPS) is 18.1. The van der Waals surface area contributed by atoms with E-state index in [-0.39, 0.29) is 6.67 Å². The van der Waals surface area contributed by atoms with Gasteiger partial charge in [-0.05, 0) is 39.0 Å². The molecule has 1 heterocycles. The van der Waals surface area contributed by atoms with E-state index in [9.17, 15) is 14.0 Å². The lowest BCUT2D eigenvalue weighted by Gasteiger charge is -2.22. The molecule has 0 saturated carbocycles. The van der Waals surface area contributed by atoms with Crippen molar-refractivity contribution in [1.29, 1.82) is 0 Å². The monoisotopic (exact) mass is 280 g/mol. The number of rotatable bonds is 2. The largest absolute Gasteiger partial charge is 0.459 e. The first-order chi connectivity index (χ1) is 9.24. The van der Waals surface area contributed by atoms with Crippen molar-refractivity contribution in [2.45, 2.75) is 32.3 Å². The molecule has 2 rings (SSSR count). The van der Waals surface area contributed by atoms with E-state index in [0.717, 1.165) is 0 Å². The van der Waals surface area contributed by atoms with Crippen molar-refractivity contribution in [3.63, 3.8) is 0 Å². The molecule has 2 N–H and O–H groups in total. The maximum Gasteiger partial charge on any atom is 0.323 e. The molecule has 1 aromatic rings. The SMILES string of the molecule is CC(C)(C)OC(=O)C1C(=O)N(CN)c2ccc(F)cc21. The second-order valence-electron chi connectivity index (χ2n) is 5.62. The summed E-state index contributed by atoms with van der Waals surface area (Å²) in [6.07, 6.45) is 0. The number of hydrogen-bond acceptors (Lipinski definition) is 4. The first-order valence-electron chi connectivity index (χ1n) is 6.28. The van der Waals surface area contributed by atoms with Gasteiger partial charge in [-0.25, -0.2) is 4.39 Å². The van der Waals surface area contributed by atoms with Crippen molar-refractivity contribution in [2.75, 3.05) is 11.6 Å². The van der Waals surface area contributed by atoms with Crippen LogP contribution < -0.4 is 10.6 Å². The number of carbonyl (C=O) groups is 2. The highest BCUT2D eigenvalue weighted by molar-refractivity contribution is 6.16. The molecule has 1 amide bonds. The molecular formula is C14H17FN2O3. The Balaban J connectivity index is 2.42. The summed E-state index contributed by atoms with van der Waals surface area (Å²) >= 11 is 0. The van der Waals surface area contributed by atoms with Crippen LogP contribution in [0.15, 0.2) is 18.2 Å². The summed E-state index contributed by atoms with van der Waals surface area (Å²) < 4.78 is 18.6. The third-order valence-electron chi connectivity index (χ3n) is 2.93. The molecule has 20 heavy (non-hydrogen) atoms. The van der Waals surface area contributed by atoms with E-state index in [1.807, 2.05) is 0 Å². The van der Waals surface area contributed by atoms with E-state index in [1.54, 1.807) is 20.8 Å². The fourth-order valence-electron chi connectivity index (χ4n) is 2.19. The van der Waals surface area contributed by atoms with Crippen LogP contribution in [0.5, 0.6) is 0 Å². The fraction of sp³-hybridized carbons (Fsp3) is 0.429. The van der Waals surface area contributed by atoms with Gasteiger partial charge in [0.1, 0.15) is 11.4 Å². The van der Waals surface area contributed by atoms with Crippen LogP contribution in [0.25, 0.3) is 0 Å². The molecule has 0 saturated heterocycles. The molecule has 6 heteroatoms. The number of nitrogens with zero attached hydrogens (tertiary/aromatic N) is 1. The molecule has 0 radical (unpaired) electrons. The van der Waals surface area contributed by atoms with Crippen LogP contribution in [-0.2, 0) is 14.3 Å². The average molecular weight is 280 g/mol. The smallest absolute Gasteiger partial charge is 0.323 e. The van der Waals surface area contributed by atoms with Crippen LogP contribution in [0.4, 0.5) is 10.1 Å². The highest BCUT2D eigenvalue weighted by Crippen LogP contribution is 2.38. The zero-order valence-electron chi connectivity index (χ0n) is 11.6. The summed E-state index contributed by atoms with van der Waals surface area (Å²) in [6.45, 7) is 5.04. The number of ether oxygens (including phenoxy) is 1. The Morgan fingerprint density at radius 2 is 2.10 bits per heavy atom. The summed E-state index contributed by atoms with van der Waals surface area (Å²) in [5.41, 5.74) is 5.56. The molecule has 1 atom stereocenters. The summed E-state index contributed by atoms with van der Waals surface area (Å²) in [5, 5.41) is 0. The van der Waals surface area contributed by atoms with Gasteiger partial charge in [-0.15, -0.1) is 0 Å². The zero-order valence-corrected chi connectivity index (χ0v) is 11.6. The van der Waals surface area contributed by atoms with Crippen LogP contribution in [-0.4, -0.2) is 24.1 Å². The predicted octanol–water partition coefficient (Wildman–Crippen LogP) is 1.51. The second kappa shape index (κ2) is 4.86. The van der Waals surface area contributed by atoms with E-state index < -0.39 is 29.2 Å². The topological polar surface area (TPSA) is 72.6 Å². The zero-order chi connectivity index (χ0) is 15.1. The van der Waals surface area contributed by atoms with E-state index in [2.05, 4.69) is 0 Å². The lowest BCUT2D eigenvalue weighted by molar-refractivity contribution is -0.158. The maximum absolute atomic E-state index is 13.4. The summed E-state index contributed by atoms with van der Waals surface area (Å²) in [5.74, 6) is -2.83. The van der Waals surface area contributed by atoms with Crippen LogP contribution in [0, 0.1) is 5.82 Å². The van der Waals surface area contributed by atoms with Gasteiger partial charge < -0.3 is 10.5 Å². The quantitative estimate of drug-likeness (QED) is 0.658. The highest BCUT2D eigenvalue weighted by atomic mass is 19.1. The van der Waals surface area contributed by atoms with Gasteiger partial charge in [0.15, 0.2) is 5.92 Å². The summed E-state index contributed by atoms with van der Waals surface area (Å²) in [7, 11) is 0. The molecule has 0 fully saturated rings. The Morgan fingerprint density at radius 3 is 2.65 bits per heavy atom. The first kappa shape index (κ1) is 14.5. The maximum atomic E-state index is 13.4. The minimum absolute atomic E-state index is 0.0727. The molecular weight excluding hydrogens is 263 g/mol. The van der Waals surface area contributed by atoms with Crippen molar-refractivity contribution in [3.05, 3.63) is 29.6 Å². The number of carbonyl (C=O) groups excluding carboxylic acids is 2. The molecule has 0 spiro atoms. The van der Waals surface area contributed by atoms with Crippen molar-refractivity contribution >= 4 is 17.6 Å². The van der Waals surface area contributed by atoms with Gasteiger partial charge in [-0.1, -0.05) is 0 Å². The van der Waals surface area contributed by atoms with Gasteiger partial charge in [-0.3, -0.25) is 14.5 Å². The van der Waals surface area contributed by atoms with E-state index in [4.69, 9.17) is 10.5 Å². The molecule has 1 aliphatic rings. The van der Waals surface area contributed by atoms with Gasteiger partial charge in [0.2, 0.25) is 5.91 Å². The Morgan fingerprint density at radius 1 is 1.45 bits per heavy atom. The number of amides is 1. The van der Waals surface area contributed by atoms with Crippen LogP contribution in [0.1, 0.15) is 32.3 Å². The Labute approximate surface area is 116 Å². The van der Waals surface area contributed by atoms with Crippen molar-refractivity contribution in [1.82, 2.24) is 0 Å². The molecule has 108 valence electrons. The van der Waals surface area contributed by atoms with Crippen LogP contribution in [0.2, 0.25) is 0 Å². The van der Waals surface area contributed by atoms with Crippen LogP contribution in [0.3, 0.4) is 0 Å². The molecule has 1 aliphatic heterocycles. The predicted molar refractivity (Wildman–Crippen MR) is 71.5 cm³/mol. The molecule has 1 unspecified atom stereocenters. The Kier molecular flexibility index (Phi) is 3.52. The fourth-order valence-corrected chi connectivity index (χ4v) is 2.19. The van der Waals surface area contributed by atoms with Crippen molar-refractivity contribution in [3.8, 4) is 0 Å². The molecule has 0 aliphatic carbocycles. The lowest BCUT2D eigenvalue weighted by atomic mass is 10.0. The molecule has 1 aromatic carbocycles. The molecule has 5 nitrogen and oxygen atoms in total. The number of nitrogens with two attached hydrogens (primary N) is 1. The van der Waals surface area contributed by atoms with Gasteiger partial charge in [0.05, 0.1) is 6.67 Å². The summed E-state index contributed by atoms with van der Waals surface area (Å²) in [6, 6.07) is 3.85. The number of esters is 1. The van der Waals surface area contributed by atoms with Crippen molar-refractivity contribution < 1.29 is 18.7 Å². The Hall–Kier alpha value is -1.95. The van der Waals surface area contributed by atoms with Gasteiger partial charge in [-0.2, -0.15) is 0 Å². The standard InChI is InChI=1S/C14H17FN2O3/c1-14(2,3)20-13(19)11-9-6-8(15)4-5-10(9)17(7-16)12(11)18/h4-6,11H,7,16H2,1-3H3.